The number of carbonyl (C=O) groups is 1. The Kier molecular flexibility index (Phi) is 7.52. The Labute approximate surface area is 218 Å². The predicted octanol–water partition coefficient (Wildman–Crippen LogP) is 2.04. The van der Waals surface area contributed by atoms with E-state index in [-0.39, 0.29) is 35.3 Å². The van der Waals surface area contributed by atoms with Crippen LogP contribution in [0.1, 0.15) is 23.2 Å². The van der Waals surface area contributed by atoms with Gasteiger partial charge in [-0.2, -0.15) is 8.94 Å². The molecule has 0 bridgehead atoms. The minimum atomic E-state index is -0.634. The minimum absolute atomic E-state index is 0. The quantitative estimate of drug-likeness (QED) is 0.196. The van der Waals surface area contributed by atoms with Crippen molar-refractivity contribution in [1.29, 1.82) is 0 Å². The van der Waals surface area contributed by atoms with E-state index in [1.54, 1.807) is 36.0 Å². The number of nitrogens with zero attached hydrogens (tertiary/aromatic N) is 4. The van der Waals surface area contributed by atoms with Gasteiger partial charge in [0, 0.05) is 36.0 Å². The highest BCUT2D eigenvalue weighted by atomic mass is 127. The number of hydrogen-bond acceptors (Lipinski definition) is 6. The van der Waals surface area contributed by atoms with E-state index in [9.17, 15) is 9.18 Å². The lowest BCUT2D eigenvalue weighted by Crippen LogP contribution is -3.00. The second-order valence-electron chi connectivity index (χ2n) is 7.91. The van der Waals surface area contributed by atoms with E-state index >= 15 is 0 Å². The highest BCUT2D eigenvalue weighted by Gasteiger charge is 2.20. The highest BCUT2D eigenvalue weighted by Crippen LogP contribution is 2.33. The molecule has 0 spiro atoms. The monoisotopic (exact) mass is 588 g/mol. The molecule has 0 amide bonds. The van der Waals surface area contributed by atoms with Gasteiger partial charge in [0.2, 0.25) is 0 Å². The lowest BCUT2D eigenvalue weighted by Gasteiger charge is -2.17. The zero-order chi connectivity index (χ0) is 22.8. The number of benzene rings is 2. The second-order valence-corrected chi connectivity index (χ2v) is 8.66. The van der Waals surface area contributed by atoms with Gasteiger partial charge in [0.15, 0.2) is 29.9 Å². The Balaban J connectivity index is 0.00000274. The Morgan fingerprint density at radius 3 is 2.56 bits per heavy atom. The van der Waals surface area contributed by atoms with Crippen LogP contribution in [0.15, 0.2) is 60.8 Å². The number of hydrogen-bond donors (Lipinski definition) is 0. The van der Waals surface area contributed by atoms with Crippen LogP contribution in [-0.4, -0.2) is 28.7 Å². The van der Waals surface area contributed by atoms with Gasteiger partial charge in [-0.05, 0) is 66.8 Å². The first-order valence-corrected chi connectivity index (χ1v) is 11.5. The van der Waals surface area contributed by atoms with Crippen molar-refractivity contribution < 1.29 is 42.5 Å². The fourth-order valence-electron chi connectivity index (χ4n) is 3.91. The van der Waals surface area contributed by atoms with Crippen LogP contribution in [0.3, 0.4) is 0 Å². The van der Waals surface area contributed by atoms with Crippen LogP contribution >= 0.6 is 11.5 Å². The summed E-state index contributed by atoms with van der Waals surface area (Å²) in [6, 6.07) is 16.4. The van der Waals surface area contributed by atoms with Gasteiger partial charge in [0.25, 0.3) is 0 Å². The first kappa shape index (κ1) is 24.2. The molecule has 2 aromatic heterocycles. The van der Waals surface area contributed by atoms with Crippen molar-refractivity contribution in [3.05, 3.63) is 72.2 Å². The summed E-state index contributed by atoms with van der Waals surface area (Å²) in [6.07, 6.45) is 4.82. The van der Waals surface area contributed by atoms with Gasteiger partial charge < -0.3 is 33.6 Å². The van der Waals surface area contributed by atoms with Gasteiger partial charge in [0.05, 0.1) is 11.6 Å². The molecule has 34 heavy (non-hydrogen) atoms. The largest absolute Gasteiger partial charge is 1.00 e. The molecule has 0 aliphatic carbocycles. The maximum absolute atomic E-state index is 15.0. The zero-order valence-electron chi connectivity index (χ0n) is 18.4. The standard InChI is InChI=1S/C25H22FN4O2S.HI/c1-29-11-3-2-6-22(29)32-23-19(16-31)14-18(15-21(23)26)25-27-24(28-33-25)17-7-9-20(10-8-17)30-12-4-5-13-30;/h2-3,6-11,14-16H,4-5,12-13H2,1H3;1H/q+1;/p-1. The summed E-state index contributed by atoms with van der Waals surface area (Å²) in [5.74, 6) is 0.249. The number of carbonyl (C=O) groups excluding carboxylic acids is 1. The van der Waals surface area contributed by atoms with Crippen LogP contribution in [0.2, 0.25) is 0 Å². The van der Waals surface area contributed by atoms with Gasteiger partial charge >= 0.3 is 5.88 Å². The number of ether oxygens (including phenoxy) is 1. The van der Waals surface area contributed by atoms with Crippen molar-refractivity contribution in [3.63, 3.8) is 0 Å². The molecular formula is C25H22FIN4O2S. The molecule has 1 aliphatic heterocycles. The smallest absolute Gasteiger partial charge is 0.373 e. The van der Waals surface area contributed by atoms with Crippen molar-refractivity contribution >= 4 is 23.5 Å². The van der Waals surface area contributed by atoms with Crippen LogP contribution in [-0.2, 0) is 7.05 Å². The molecule has 0 unspecified atom stereocenters. The molecule has 5 rings (SSSR count). The van der Waals surface area contributed by atoms with E-state index in [1.165, 1.54) is 36.1 Å². The normalized spacial score (nSPS) is 12.9. The summed E-state index contributed by atoms with van der Waals surface area (Å²) in [7, 11) is 1.78. The summed E-state index contributed by atoms with van der Waals surface area (Å²) in [5.41, 5.74) is 2.69. The van der Waals surface area contributed by atoms with Crippen molar-refractivity contribution in [1.82, 2.24) is 9.36 Å². The number of aromatic nitrogens is 3. The molecule has 6 nitrogen and oxygen atoms in total. The van der Waals surface area contributed by atoms with Crippen LogP contribution < -0.4 is 38.2 Å². The summed E-state index contributed by atoms with van der Waals surface area (Å²) in [6.45, 7) is 2.18. The number of aryl methyl sites for hydroxylation is 1. The van der Waals surface area contributed by atoms with E-state index in [0.717, 1.165) is 18.7 Å². The SMILES string of the molecule is C[n+]1ccccc1Oc1c(F)cc(-c2nc(-c3ccc(N4CCCC4)cc3)ns2)cc1C=O.[I-]. The molecule has 9 heteroatoms. The zero-order valence-corrected chi connectivity index (χ0v) is 21.4. The lowest BCUT2D eigenvalue weighted by molar-refractivity contribution is -0.675. The first-order valence-electron chi connectivity index (χ1n) is 10.7. The molecule has 0 radical (unpaired) electrons. The van der Waals surface area contributed by atoms with Crippen molar-refractivity contribution in [2.75, 3.05) is 18.0 Å². The van der Waals surface area contributed by atoms with Crippen LogP contribution in [0.5, 0.6) is 11.6 Å². The molecular weight excluding hydrogens is 566 g/mol. The Bertz CT molecular complexity index is 1310. The minimum Gasteiger partial charge on any atom is -1.00 e. The van der Waals surface area contributed by atoms with E-state index in [4.69, 9.17) is 4.74 Å². The molecule has 1 aliphatic rings. The fraction of sp³-hybridized carbons (Fsp3) is 0.200. The van der Waals surface area contributed by atoms with Gasteiger partial charge in [-0.1, -0.05) is 0 Å². The third kappa shape index (κ3) is 4.95. The van der Waals surface area contributed by atoms with Gasteiger partial charge in [-0.25, -0.2) is 9.37 Å². The van der Waals surface area contributed by atoms with Crippen LogP contribution in [0.4, 0.5) is 10.1 Å². The maximum Gasteiger partial charge on any atom is 0.373 e. The molecule has 1 fully saturated rings. The number of halogens is 2. The average Bonchev–Trinajstić information content (AvgIpc) is 3.54. The second kappa shape index (κ2) is 10.6. The first-order chi connectivity index (χ1) is 16.1. The summed E-state index contributed by atoms with van der Waals surface area (Å²) in [4.78, 5) is 18.7. The molecule has 0 N–H and O–H groups in total. The average molecular weight is 588 g/mol. The Morgan fingerprint density at radius 1 is 1.09 bits per heavy atom. The summed E-state index contributed by atoms with van der Waals surface area (Å²) < 4.78 is 26.8. The number of anilines is 1. The Morgan fingerprint density at radius 2 is 1.85 bits per heavy atom. The van der Waals surface area contributed by atoms with Crippen molar-refractivity contribution in [2.45, 2.75) is 12.8 Å². The molecule has 174 valence electrons. The molecule has 1 saturated heterocycles. The molecule has 4 aromatic rings. The highest BCUT2D eigenvalue weighted by molar-refractivity contribution is 7.09. The van der Waals surface area contributed by atoms with Crippen molar-refractivity contribution in [3.8, 4) is 33.6 Å². The summed E-state index contributed by atoms with van der Waals surface area (Å²) in [5, 5.41) is 0.535. The van der Waals surface area contributed by atoms with E-state index in [2.05, 4.69) is 26.4 Å². The maximum atomic E-state index is 15.0. The van der Waals surface area contributed by atoms with Gasteiger partial charge in [0.1, 0.15) is 12.1 Å². The summed E-state index contributed by atoms with van der Waals surface area (Å²) >= 11 is 1.17. The molecule has 2 aromatic carbocycles. The number of aldehydes is 1. The van der Waals surface area contributed by atoms with Gasteiger partial charge in [-0.15, -0.1) is 0 Å². The third-order valence-electron chi connectivity index (χ3n) is 5.68. The molecule has 0 saturated carbocycles. The fourth-order valence-corrected chi connectivity index (χ4v) is 4.58. The van der Waals surface area contributed by atoms with Gasteiger partial charge in [-0.3, -0.25) is 4.79 Å². The van der Waals surface area contributed by atoms with E-state index in [0.29, 0.717) is 28.6 Å². The topological polar surface area (TPSA) is 59.2 Å². The van der Waals surface area contributed by atoms with Crippen LogP contribution in [0.25, 0.3) is 22.0 Å². The predicted molar refractivity (Wildman–Crippen MR) is 125 cm³/mol. The van der Waals surface area contributed by atoms with E-state index in [1.807, 2.05) is 18.2 Å². The lowest BCUT2D eigenvalue weighted by atomic mass is 10.1. The number of pyridine rings is 1. The third-order valence-corrected chi connectivity index (χ3v) is 6.45. The molecule has 3 heterocycles. The Hall–Kier alpha value is -2.92. The van der Waals surface area contributed by atoms with E-state index < -0.39 is 5.82 Å². The van der Waals surface area contributed by atoms with Crippen molar-refractivity contribution in [2.24, 2.45) is 7.05 Å². The number of rotatable bonds is 6. The molecule has 0 atom stereocenters. The van der Waals surface area contributed by atoms with Crippen LogP contribution in [0, 0.1) is 5.82 Å².